The van der Waals surface area contributed by atoms with Crippen molar-refractivity contribution >= 4 is 44.8 Å². The zero-order valence-corrected chi connectivity index (χ0v) is 13.6. The van der Waals surface area contributed by atoms with E-state index in [0.717, 1.165) is 15.8 Å². The van der Waals surface area contributed by atoms with Crippen molar-refractivity contribution in [1.82, 2.24) is 0 Å². The molecular weight excluding hydrogens is 368 g/mol. The van der Waals surface area contributed by atoms with Gasteiger partial charge >= 0.3 is 0 Å². The highest BCUT2D eigenvalue weighted by Crippen LogP contribution is 2.32. The third-order valence-electron chi connectivity index (χ3n) is 2.69. The number of ether oxygens (including phenoxy) is 1. The lowest BCUT2D eigenvalue weighted by molar-refractivity contribution is 0.412. The van der Waals surface area contributed by atoms with Crippen molar-refractivity contribution in [2.75, 3.05) is 12.4 Å². The van der Waals surface area contributed by atoms with Gasteiger partial charge in [0.15, 0.2) is 0 Å². The third-order valence-corrected chi connectivity index (χ3v) is 3.91. The molecule has 20 heavy (non-hydrogen) atoms. The van der Waals surface area contributed by atoms with Crippen LogP contribution in [0.2, 0.25) is 10.0 Å². The lowest BCUT2D eigenvalue weighted by Gasteiger charge is -2.12. The molecule has 0 saturated carbocycles. The van der Waals surface area contributed by atoms with Crippen LogP contribution in [0.3, 0.4) is 0 Å². The van der Waals surface area contributed by atoms with E-state index in [-0.39, 0.29) is 10.0 Å². The van der Waals surface area contributed by atoms with Crippen LogP contribution in [0.1, 0.15) is 5.56 Å². The van der Waals surface area contributed by atoms with Gasteiger partial charge in [-0.25, -0.2) is 4.39 Å². The summed E-state index contributed by atoms with van der Waals surface area (Å²) in [6.45, 7) is 0.508. The molecule has 0 radical (unpaired) electrons. The van der Waals surface area contributed by atoms with Crippen molar-refractivity contribution in [2.45, 2.75) is 6.54 Å². The lowest BCUT2D eigenvalue weighted by Crippen LogP contribution is -2.01. The van der Waals surface area contributed by atoms with E-state index in [2.05, 4.69) is 21.2 Å². The van der Waals surface area contributed by atoms with Gasteiger partial charge in [-0.05, 0) is 45.8 Å². The fraction of sp³-hybridized carbons (Fsp3) is 0.143. The maximum absolute atomic E-state index is 13.1. The second kappa shape index (κ2) is 6.66. The minimum atomic E-state index is -0.460. The largest absolute Gasteiger partial charge is 0.496 e. The molecule has 0 bridgehead atoms. The van der Waals surface area contributed by atoms with E-state index in [9.17, 15) is 4.39 Å². The summed E-state index contributed by atoms with van der Waals surface area (Å²) in [6, 6.07) is 8.15. The van der Waals surface area contributed by atoms with Crippen LogP contribution in [0, 0.1) is 5.82 Å². The maximum atomic E-state index is 13.1. The molecule has 2 aromatic rings. The van der Waals surface area contributed by atoms with Gasteiger partial charge in [-0.2, -0.15) is 0 Å². The first-order valence-corrected chi connectivity index (χ1v) is 7.27. The van der Waals surface area contributed by atoms with Crippen molar-refractivity contribution in [1.29, 1.82) is 0 Å². The van der Waals surface area contributed by atoms with E-state index in [0.29, 0.717) is 12.2 Å². The predicted octanol–water partition coefficient (Wildman–Crippen LogP) is 5.52. The first-order valence-electron chi connectivity index (χ1n) is 5.72. The highest BCUT2D eigenvalue weighted by molar-refractivity contribution is 9.10. The van der Waals surface area contributed by atoms with Crippen molar-refractivity contribution in [3.05, 3.63) is 56.2 Å². The highest BCUT2D eigenvalue weighted by Gasteiger charge is 2.08. The van der Waals surface area contributed by atoms with E-state index in [1.165, 1.54) is 12.1 Å². The molecule has 2 aromatic carbocycles. The number of anilines is 1. The standard InChI is InChI=1S/C14H11BrCl2FNO/c1-20-13-3-2-8(4-10(13)15)7-19-14-11(16)5-9(18)6-12(14)17/h2-6,19H,7H2,1H3. The molecule has 0 spiro atoms. The van der Waals surface area contributed by atoms with Crippen LogP contribution in [0.15, 0.2) is 34.8 Å². The molecule has 1 N–H and O–H groups in total. The van der Waals surface area contributed by atoms with E-state index in [1.54, 1.807) is 7.11 Å². The van der Waals surface area contributed by atoms with Crippen LogP contribution in [0.25, 0.3) is 0 Å². The first-order chi connectivity index (χ1) is 9.51. The van der Waals surface area contributed by atoms with E-state index >= 15 is 0 Å². The minimum Gasteiger partial charge on any atom is -0.496 e. The Morgan fingerprint density at radius 2 is 1.85 bits per heavy atom. The lowest BCUT2D eigenvalue weighted by atomic mass is 10.2. The Labute approximate surface area is 135 Å². The smallest absolute Gasteiger partial charge is 0.133 e. The molecule has 0 fully saturated rings. The van der Waals surface area contributed by atoms with Crippen molar-refractivity contribution in [3.8, 4) is 5.75 Å². The quantitative estimate of drug-likeness (QED) is 0.756. The normalized spacial score (nSPS) is 10.4. The van der Waals surface area contributed by atoms with Gasteiger partial charge in [0.25, 0.3) is 0 Å². The number of rotatable bonds is 4. The first kappa shape index (κ1) is 15.4. The number of hydrogen-bond acceptors (Lipinski definition) is 2. The van der Waals surface area contributed by atoms with Gasteiger partial charge in [0, 0.05) is 6.54 Å². The topological polar surface area (TPSA) is 21.3 Å². The van der Waals surface area contributed by atoms with E-state index < -0.39 is 5.82 Å². The minimum absolute atomic E-state index is 0.252. The molecule has 0 atom stereocenters. The monoisotopic (exact) mass is 377 g/mol. The summed E-state index contributed by atoms with van der Waals surface area (Å²) in [5, 5.41) is 3.60. The molecule has 6 heteroatoms. The maximum Gasteiger partial charge on any atom is 0.133 e. The van der Waals surface area contributed by atoms with E-state index in [1.807, 2.05) is 18.2 Å². The summed E-state index contributed by atoms with van der Waals surface area (Å²) in [4.78, 5) is 0. The van der Waals surface area contributed by atoms with Crippen LogP contribution in [0.5, 0.6) is 5.75 Å². The van der Waals surface area contributed by atoms with Crippen LogP contribution >= 0.6 is 39.1 Å². The van der Waals surface area contributed by atoms with Gasteiger partial charge < -0.3 is 10.1 Å². The molecule has 0 amide bonds. The Morgan fingerprint density at radius 1 is 1.20 bits per heavy atom. The van der Waals surface area contributed by atoms with Crippen molar-refractivity contribution < 1.29 is 9.13 Å². The van der Waals surface area contributed by atoms with Crippen LogP contribution in [0.4, 0.5) is 10.1 Å². The molecule has 0 aromatic heterocycles. The predicted molar refractivity (Wildman–Crippen MR) is 84.4 cm³/mol. The zero-order chi connectivity index (χ0) is 14.7. The second-order valence-electron chi connectivity index (χ2n) is 4.07. The summed E-state index contributed by atoms with van der Waals surface area (Å²) < 4.78 is 19.1. The molecule has 0 saturated heterocycles. The molecule has 2 rings (SSSR count). The Balaban J connectivity index is 2.15. The number of nitrogens with one attached hydrogen (secondary N) is 1. The Morgan fingerprint density at radius 3 is 2.40 bits per heavy atom. The van der Waals surface area contributed by atoms with Gasteiger partial charge in [-0.1, -0.05) is 29.3 Å². The summed E-state index contributed by atoms with van der Waals surface area (Å²) in [6.07, 6.45) is 0. The summed E-state index contributed by atoms with van der Waals surface area (Å²) in [5.74, 6) is 0.296. The van der Waals surface area contributed by atoms with Crippen molar-refractivity contribution in [3.63, 3.8) is 0 Å². The van der Waals surface area contributed by atoms with E-state index in [4.69, 9.17) is 27.9 Å². The summed E-state index contributed by atoms with van der Waals surface area (Å²) in [7, 11) is 1.61. The van der Waals surface area contributed by atoms with Crippen molar-refractivity contribution in [2.24, 2.45) is 0 Å². The highest BCUT2D eigenvalue weighted by atomic mass is 79.9. The second-order valence-corrected chi connectivity index (χ2v) is 5.74. The Kier molecular flexibility index (Phi) is 5.13. The fourth-order valence-corrected chi connectivity index (χ4v) is 2.90. The molecular formula is C14H11BrCl2FNO. The molecule has 0 heterocycles. The zero-order valence-electron chi connectivity index (χ0n) is 10.5. The third kappa shape index (κ3) is 3.57. The number of hydrogen-bond donors (Lipinski definition) is 1. The SMILES string of the molecule is COc1ccc(CNc2c(Cl)cc(F)cc2Cl)cc1Br. The summed E-state index contributed by atoms with van der Waals surface area (Å²) in [5.41, 5.74) is 1.52. The van der Waals surface area contributed by atoms with Crippen LogP contribution < -0.4 is 10.1 Å². The Hall–Kier alpha value is -0.970. The molecule has 0 aliphatic rings. The number of halogens is 4. The van der Waals surface area contributed by atoms with Gasteiger partial charge in [-0.3, -0.25) is 0 Å². The molecule has 2 nitrogen and oxygen atoms in total. The van der Waals surface area contributed by atoms with Gasteiger partial charge in [0.05, 0.1) is 27.3 Å². The van der Waals surface area contributed by atoms with Gasteiger partial charge in [0.2, 0.25) is 0 Å². The molecule has 0 aliphatic carbocycles. The molecule has 106 valence electrons. The average Bonchev–Trinajstić information content (AvgIpc) is 2.37. The van der Waals surface area contributed by atoms with Gasteiger partial charge in [-0.15, -0.1) is 0 Å². The van der Waals surface area contributed by atoms with Crippen LogP contribution in [-0.2, 0) is 6.54 Å². The Bertz CT molecular complexity index is 614. The van der Waals surface area contributed by atoms with Gasteiger partial charge in [0.1, 0.15) is 11.6 Å². The number of methoxy groups -OCH3 is 1. The molecule has 0 aliphatic heterocycles. The fourth-order valence-electron chi connectivity index (χ4n) is 1.72. The van der Waals surface area contributed by atoms with Crippen LogP contribution in [-0.4, -0.2) is 7.11 Å². The molecule has 0 unspecified atom stereocenters. The average molecular weight is 379 g/mol. The number of benzene rings is 2. The summed E-state index contributed by atoms with van der Waals surface area (Å²) >= 11 is 15.3.